The molecule has 0 saturated carbocycles. The van der Waals surface area contributed by atoms with Gasteiger partial charge in [-0.05, 0) is 20.8 Å². The maximum Gasteiger partial charge on any atom is 0.238 e. The Bertz CT molecular complexity index is 392. The zero-order chi connectivity index (χ0) is 13.1. The van der Waals surface area contributed by atoms with Gasteiger partial charge in [-0.25, -0.2) is 9.67 Å². The molecule has 0 spiro atoms. The van der Waals surface area contributed by atoms with Crippen molar-refractivity contribution in [1.29, 1.82) is 0 Å². The van der Waals surface area contributed by atoms with E-state index in [-0.39, 0.29) is 11.9 Å². The van der Waals surface area contributed by atoms with Crippen molar-refractivity contribution in [3.05, 3.63) is 6.33 Å². The molecule has 1 aromatic rings. The maximum atomic E-state index is 11.5. The van der Waals surface area contributed by atoms with Crippen LogP contribution in [0.2, 0.25) is 0 Å². The first-order chi connectivity index (χ1) is 7.85. The molecular weight excluding hydrogens is 238 g/mol. The Morgan fingerprint density at radius 3 is 2.76 bits per heavy atom. The number of hydrogen-bond donors (Lipinski definition) is 2. The zero-order valence-corrected chi connectivity index (χ0v) is 11.4. The van der Waals surface area contributed by atoms with Crippen LogP contribution in [0.1, 0.15) is 20.8 Å². The first-order valence-electron chi connectivity index (χ1n) is 5.39. The Kier molecular flexibility index (Phi) is 4.53. The third kappa shape index (κ3) is 3.71. The lowest BCUT2D eigenvalue weighted by Crippen LogP contribution is -2.57. The number of thioether (sulfide) groups is 1. The van der Waals surface area contributed by atoms with Crippen LogP contribution < -0.4 is 11.1 Å². The predicted molar refractivity (Wildman–Crippen MR) is 67.6 cm³/mol. The molecule has 1 atom stereocenters. The lowest BCUT2D eigenvalue weighted by molar-refractivity contribution is -0.123. The number of aromatic nitrogens is 3. The molecule has 0 aliphatic rings. The van der Waals surface area contributed by atoms with Gasteiger partial charge < -0.3 is 11.1 Å². The maximum absolute atomic E-state index is 11.5. The molecule has 3 N–H and O–H groups in total. The van der Waals surface area contributed by atoms with E-state index < -0.39 is 5.54 Å². The number of primary amides is 1. The minimum atomic E-state index is -0.745. The third-order valence-electron chi connectivity index (χ3n) is 2.31. The lowest BCUT2D eigenvalue weighted by Gasteiger charge is -2.29. The number of carbonyl (C=O) groups excluding carboxylic acids is 1. The summed E-state index contributed by atoms with van der Waals surface area (Å²) in [6, 6.07) is 0.188. The van der Waals surface area contributed by atoms with Gasteiger partial charge in [0.25, 0.3) is 0 Å². The molecule has 0 radical (unpaired) electrons. The van der Waals surface area contributed by atoms with E-state index in [0.29, 0.717) is 5.75 Å². The summed E-state index contributed by atoms with van der Waals surface area (Å²) in [6.07, 6.45) is 1.49. The molecule has 0 aromatic carbocycles. The molecule has 96 valence electrons. The number of hydrogen-bond acceptors (Lipinski definition) is 5. The molecule has 0 bridgehead atoms. The quantitative estimate of drug-likeness (QED) is 0.708. The SMILES string of the molecule is CC(C)NC(C)(CSc1ncnn1C)C(N)=O. The van der Waals surface area contributed by atoms with Crippen molar-refractivity contribution in [2.45, 2.75) is 37.5 Å². The number of carbonyl (C=O) groups is 1. The van der Waals surface area contributed by atoms with Crippen molar-refractivity contribution in [1.82, 2.24) is 20.1 Å². The standard InChI is InChI=1S/C10H19N5OS/c1-7(2)14-10(3,8(11)16)5-17-9-12-6-13-15(9)4/h6-7,14H,5H2,1-4H3,(H2,11,16). The summed E-state index contributed by atoms with van der Waals surface area (Å²) in [4.78, 5) is 15.6. The largest absolute Gasteiger partial charge is 0.368 e. The molecule has 1 unspecified atom stereocenters. The molecule has 0 aliphatic heterocycles. The molecule has 0 aliphatic carbocycles. The van der Waals surface area contributed by atoms with E-state index in [4.69, 9.17) is 5.73 Å². The van der Waals surface area contributed by atoms with Crippen molar-refractivity contribution in [2.75, 3.05) is 5.75 Å². The van der Waals surface area contributed by atoms with Crippen LogP contribution in [-0.2, 0) is 11.8 Å². The minimum Gasteiger partial charge on any atom is -0.368 e. The Morgan fingerprint density at radius 1 is 1.71 bits per heavy atom. The van der Waals surface area contributed by atoms with Crippen LogP contribution >= 0.6 is 11.8 Å². The highest BCUT2D eigenvalue weighted by Crippen LogP contribution is 2.20. The van der Waals surface area contributed by atoms with Gasteiger partial charge >= 0.3 is 0 Å². The fraction of sp³-hybridized carbons (Fsp3) is 0.700. The van der Waals surface area contributed by atoms with Gasteiger partial charge in [-0.3, -0.25) is 4.79 Å². The van der Waals surface area contributed by atoms with Gasteiger partial charge in [0.2, 0.25) is 5.91 Å². The van der Waals surface area contributed by atoms with Crippen molar-refractivity contribution in [2.24, 2.45) is 12.8 Å². The Labute approximate surface area is 105 Å². The summed E-state index contributed by atoms with van der Waals surface area (Å²) in [5, 5.41) is 7.92. The molecule has 0 saturated heterocycles. The average molecular weight is 257 g/mol. The number of amides is 1. The number of rotatable bonds is 6. The summed E-state index contributed by atoms with van der Waals surface area (Å²) in [5.41, 5.74) is 4.69. The summed E-state index contributed by atoms with van der Waals surface area (Å²) in [6.45, 7) is 5.76. The van der Waals surface area contributed by atoms with Crippen LogP contribution in [0.15, 0.2) is 11.5 Å². The topological polar surface area (TPSA) is 85.8 Å². The summed E-state index contributed by atoms with van der Waals surface area (Å²) in [5.74, 6) is 0.161. The van der Waals surface area contributed by atoms with Crippen LogP contribution in [0.4, 0.5) is 0 Å². The molecule has 6 nitrogen and oxygen atoms in total. The molecule has 1 heterocycles. The number of nitrogens with two attached hydrogens (primary N) is 1. The van der Waals surface area contributed by atoms with Crippen LogP contribution in [0.25, 0.3) is 0 Å². The molecule has 7 heteroatoms. The van der Waals surface area contributed by atoms with E-state index in [1.54, 1.807) is 11.6 Å². The number of nitrogens with zero attached hydrogens (tertiary/aromatic N) is 3. The second kappa shape index (κ2) is 5.50. The molecule has 1 amide bonds. The van der Waals surface area contributed by atoms with E-state index in [1.165, 1.54) is 18.1 Å². The third-order valence-corrected chi connectivity index (χ3v) is 3.66. The second-order valence-electron chi connectivity index (χ2n) is 4.45. The normalized spacial score (nSPS) is 14.9. The fourth-order valence-electron chi connectivity index (χ4n) is 1.45. The van der Waals surface area contributed by atoms with Crippen LogP contribution in [0, 0.1) is 0 Å². The average Bonchev–Trinajstić information content (AvgIpc) is 2.60. The highest BCUT2D eigenvalue weighted by Gasteiger charge is 2.32. The number of aryl methyl sites for hydroxylation is 1. The van der Waals surface area contributed by atoms with Crippen molar-refractivity contribution in [3.8, 4) is 0 Å². The van der Waals surface area contributed by atoms with Crippen molar-refractivity contribution in [3.63, 3.8) is 0 Å². The van der Waals surface area contributed by atoms with Crippen LogP contribution in [-0.4, -0.2) is 38.0 Å². The minimum absolute atomic E-state index is 0.188. The van der Waals surface area contributed by atoms with Gasteiger partial charge in [0.15, 0.2) is 5.16 Å². The van der Waals surface area contributed by atoms with Crippen LogP contribution in [0.5, 0.6) is 0 Å². The number of nitrogens with one attached hydrogen (secondary N) is 1. The van der Waals surface area contributed by atoms with Gasteiger partial charge in [0.1, 0.15) is 11.9 Å². The highest BCUT2D eigenvalue weighted by atomic mass is 32.2. The first kappa shape index (κ1) is 14.0. The summed E-state index contributed by atoms with van der Waals surface area (Å²) >= 11 is 1.46. The van der Waals surface area contributed by atoms with Gasteiger partial charge in [0, 0.05) is 18.8 Å². The van der Waals surface area contributed by atoms with E-state index in [0.717, 1.165) is 5.16 Å². The van der Waals surface area contributed by atoms with E-state index >= 15 is 0 Å². The van der Waals surface area contributed by atoms with Crippen molar-refractivity contribution >= 4 is 17.7 Å². The molecule has 0 fully saturated rings. The fourth-order valence-corrected chi connectivity index (χ4v) is 2.45. The zero-order valence-electron chi connectivity index (χ0n) is 10.6. The summed E-state index contributed by atoms with van der Waals surface area (Å²) < 4.78 is 1.67. The van der Waals surface area contributed by atoms with Gasteiger partial charge in [-0.1, -0.05) is 11.8 Å². The smallest absolute Gasteiger partial charge is 0.238 e. The highest BCUT2D eigenvalue weighted by molar-refractivity contribution is 7.99. The molecule has 1 aromatic heterocycles. The van der Waals surface area contributed by atoms with Gasteiger partial charge in [-0.2, -0.15) is 5.10 Å². The Hall–Kier alpha value is -1.08. The molecular formula is C10H19N5OS. The van der Waals surface area contributed by atoms with E-state index in [9.17, 15) is 4.79 Å². The van der Waals surface area contributed by atoms with Crippen LogP contribution in [0.3, 0.4) is 0 Å². The predicted octanol–water partition coefficient (Wildman–Crippen LogP) is 0.149. The summed E-state index contributed by atoms with van der Waals surface area (Å²) in [7, 11) is 1.81. The van der Waals surface area contributed by atoms with Crippen molar-refractivity contribution < 1.29 is 4.79 Å². The van der Waals surface area contributed by atoms with Gasteiger partial charge in [-0.15, -0.1) is 0 Å². The monoisotopic (exact) mass is 257 g/mol. The first-order valence-corrected chi connectivity index (χ1v) is 6.38. The van der Waals surface area contributed by atoms with E-state index in [1.807, 2.05) is 20.9 Å². The Morgan fingerprint density at radius 2 is 2.35 bits per heavy atom. The lowest BCUT2D eigenvalue weighted by atomic mass is 10.0. The molecule has 17 heavy (non-hydrogen) atoms. The van der Waals surface area contributed by atoms with E-state index in [2.05, 4.69) is 15.4 Å². The second-order valence-corrected chi connectivity index (χ2v) is 5.39. The Balaban J connectivity index is 2.68. The molecule has 1 rings (SSSR count). The van der Waals surface area contributed by atoms with Gasteiger partial charge in [0.05, 0.1) is 0 Å².